The summed E-state index contributed by atoms with van der Waals surface area (Å²) in [7, 11) is 0. The van der Waals surface area contributed by atoms with Gasteiger partial charge in [-0.15, -0.1) is 11.3 Å². The first-order valence-corrected chi connectivity index (χ1v) is 9.48. The van der Waals surface area contributed by atoms with E-state index in [9.17, 15) is 19.2 Å². The normalized spacial score (nSPS) is 13.5. The van der Waals surface area contributed by atoms with Crippen LogP contribution in [0, 0.1) is 0 Å². The van der Waals surface area contributed by atoms with Crippen LogP contribution >= 0.6 is 11.3 Å². The number of fused-ring (bicyclic) bond motifs is 3. The molecule has 0 bridgehead atoms. The number of anilines is 1. The summed E-state index contributed by atoms with van der Waals surface area (Å²) in [6, 6.07) is 0. The number of amides is 1. The number of aromatic amines is 3. The number of carbonyl (C=O) groups excluding carboxylic acids is 1. The van der Waals surface area contributed by atoms with E-state index < -0.39 is 17.2 Å². The molecule has 0 fully saturated rings. The lowest BCUT2D eigenvalue weighted by molar-refractivity contribution is -0.116. The molecule has 4 N–H and O–H groups in total. The average Bonchev–Trinajstić information content (AvgIpc) is 3.01. The number of H-pyrrole nitrogens is 3. The minimum absolute atomic E-state index is 0.0394. The maximum atomic E-state index is 12.5. The first-order valence-electron chi connectivity index (χ1n) is 8.66. The Labute approximate surface area is 155 Å². The van der Waals surface area contributed by atoms with Gasteiger partial charge in [-0.3, -0.25) is 19.4 Å². The third-order valence-electron chi connectivity index (χ3n) is 4.56. The summed E-state index contributed by atoms with van der Waals surface area (Å²) < 4.78 is 0. The highest BCUT2D eigenvalue weighted by atomic mass is 32.1. The largest absolute Gasteiger partial charge is 0.325 e. The highest BCUT2D eigenvalue weighted by molar-refractivity contribution is 7.18. The molecule has 0 aliphatic heterocycles. The van der Waals surface area contributed by atoms with Crippen molar-refractivity contribution >= 4 is 33.1 Å². The fourth-order valence-electron chi connectivity index (χ4n) is 3.27. The van der Waals surface area contributed by atoms with Crippen LogP contribution in [0.2, 0.25) is 0 Å². The molecule has 140 valence electrons. The zero-order chi connectivity index (χ0) is 19.0. The van der Waals surface area contributed by atoms with Crippen molar-refractivity contribution < 1.29 is 4.79 Å². The Kier molecular flexibility index (Phi) is 4.48. The molecule has 3 aromatic heterocycles. The smallest absolute Gasteiger partial charge is 0.320 e. The minimum atomic E-state index is -0.677. The molecule has 0 aromatic carbocycles. The van der Waals surface area contributed by atoms with Gasteiger partial charge in [-0.25, -0.2) is 9.78 Å². The number of rotatable bonds is 4. The van der Waals surface area contributed by atoms with Crippen molar-refractivity contribution in [3.8, 4) is 0 Å². The molecule has 0 radical (unpaired) electrons. The van der Waals surface area contributed by atoms with Crippen LogP contribution in [0.5, 0.6) is 0 Å². The summed E-state index contributed by atoms with van der Waals surface area (Å²) in [5, 5.41) is 3.11. The van der Waals surface area contributed by atoms with Gasteiger partial charge in [0.05, 0.1) is 5.39 Å². The van der Waals surface area contributed by atoms with E-state index in [4.69, 9.17) is 0 Å². The molecule has 0 saturated carbocycles. The third kappa shape index (κ3) is 3.47. The number of nitrogens with zero attached hydrogens (tertiary/aromatic N) is 1. The Morgan fingerprint density at radius 3 is 2.78 bits per heavy atom. The number of hydrogen-bond donors (Lipinski definition) is 4. The van der Waals surface area contributed by atoms with Crippen LogP contribution in [0.1, 0.15) is 35.5 Å². The van der Waals surface area contributed by atoms with Crippen molar-refractivity contribution in [3.05, 3.63) is 53.7 Å². The lowest BCUT2D eigenvalue weighted by atomic mass is 9.97. The lowest BCUT2D eigenvalue weighted by Crippen LogP contribution is -2.26. The summed E-state index contributed by atoms with van der Waals surface area (Å²) in [6.07, 6.45) is 5.54. The molecule has 0 spiro atoms. The first kappa shape index (κ1) is 17.4. The molecular formula is C17H17N5O4S. The zero-order valence-electron chi connectivity index (χ0n) is 14.3. The lowest BCUT2D eigenvalue weighted by Gasteiger charge is -2.09. The molecule has 1 aliphatic carbocycles. The van der Waals surface area contributed by atoms with E-state index >= 15 is 0 Å². The van der Waals surface area contributed by atoms with E-state index in [2.05, 4.69) is 20.3 Å². The number of hydrogen-bond acceptors (Lipinski definition) is 6. The molecule has 1 amide bonds. The predicted octanol–water partition coefficient (Wildman–Crippen LogP) is 0.811. The molecule has 10 heteroatoms. The maximum absolute atomic E-state index is 12.5. The molecule has 3 heterocycles. The Morgan fingerprint density at radius 2 is 1.96 bits per heavy atom. The van der Waals surface area contributed by atoms with Gasteiger partial charge in [-0.1, -0.05) is 0 Å². The standard InChI is InChI=1S/C17H17N5O4S/c23-12(19-9-7-18-17(26)22-14(9)24)6-5-11-20-15(25)13-8-3-1-2-4-10(8)27-16(13)21-11/h7H,1-6H2,(H,19,23)(H,20,21,25)(H2,18,22,24,26). The van der Waals surface area contributed by atoms with Crippen molar-refractivity contribution in [1.82, 2.24) is 19.9 Å². The van der Waals surface area contributed by atoms with Gasteiger partial charge in [-0.05, 0) is 31.2 Å². The number of aromatic nitrogens is 4. The van der Waals surface area contributed by atoms with Crippen LogP contribution in [0.15, 0.2) is 20.6 Å². The van der Waals surface area contributed by atoms with Crippen LogP contribution in [-0.2, 0) is 24.1 Å². The fourth-order valence-corrected chi connectivity index (χ4v) is 4.56. The van der Waals surface area contributed by atoms with E-state index in [1.165, 1.54) is 4.88 Å². The van der Waals surface area contributed by atoms with Crippen molar-refractivity contribution in [2.45, 2.75) is 38.5 Å². The van der Waals surface area contributed by atoms with Gasteiger partial charge in [0.15, 0.2) is 0 Å². The Balaban J connectivity index is 1.50. The van der Waals surface area contributed by atoms with Crippen LogP contribution in [0.4, 0.5) is 5.69 Å². The van der Waals surface area contributed by atoms with E-state index in [-0.39, 0.29) is 24.1 Å². The van der Waals surface area contributed by atoms with E-state index in [1.807, 2.05) is 4.98 Å². The number of nitrogens with one attached hydrogen (secondary N) is 4. The fraction of sp³-hybridized carbons (Fsp3) is 0.353. The van der Waals surface area contributed by atoms with Gasteiger partial charge in [0.1, 0.15) is 16.3 Å². The van der Waals surface area contributed by atoms with E-state index in [0.29, 0.717) is 11.2 Å². The molecule has 0 atom stereocenters. The first-order chi connectivity index (χ1) is 13.0. The number of thiophene rings is 1. The Bertz CT molecular complexity index is 1200. The van der Waals surface area contributed by atoms with Gasteiger partial charge in [0, 0.05) is 23.9 Å². The monoisotopic (exact) mass is 387 g/mol. The topological polar surface area (TPSA) is 141 Å². The van der Waals surface area contributed by atoms with Gasteiger partial charge < -0.3 is 15.3 Å². The second-order valence-corrected chi connectivity index (χ2v) is 7.52. The quantitative estimate of drug-likeness (QED) is 0.524. The van der Waals surface area contributed by atoms with Crippen LogP contribution < -0.4 is 22.1 Å². The molecular weight excluding hydrogens is 370 g/mol. The van der Waals surface area contributed by atoms with Gasteiger partial charge in [0.2, 0.25) is 5.91 Å². The minimum Gasteiger partial charge on any atom is -0.320 e. The second kappa shape index (κ2) is 6.95. The number of aryl methyl sites for hydroxylation is 3. The molecule has 27 heavy (non-hydrogen) atoms. The molecule has 0 saturated heterocycles. The van der Waals surface area contributed by atoms with Crippen molar-refractivity contribution in [2.75, 3.05) is 5.32 Å². The van der Waals surface area contributed by atoms with Crippen molar-refractivity contribution in [2.24, 2.45) is 0 Å². The van der Waals surface area contributed by atoms with Crippen LogP contribution in [0.3, 0.4) is 0 Å². The summed E-state index contributed by atoms with van der Waals surface area (Å²) in [6.45, 7) is 0. The molecule has 9 nitrogen and oxygen atoms in total. The molecule has 3 aromatic rings. The molecule has 0 unspecified atom stereocenters. The summed E-state index contributed by atoms with van der Waals surface area (Å²) in [5.74, 6) is 0.0254. The van der Waals surface area contributed by atoms with Gasteiger partial charge in [0.25, 0.3) is 11.1 Å². The van der Waals surface area contributed by atoms with Crippen molar-refractivity contribution in [1.29, 1.82) is 0 Å². The SMILES string of the molecule is O=C(CCc1nc2sc3c(c2c(=O)[nH]1)CCCC3)Nc1c[nH]c(=O)[nH]c1=O. The summed E-state index contributed by atoms with van der Waals surface area (Å²) >= 11 is 1.56. The van der Waals surface area contributed by atoms with Crippen LogP contribution in [0.25, 0.3) is 10.2 Å². The summed E-state index contributed by atoms with van der Waals surface area (Å²) in [4.78, 5) is 60.7. The van der Waals surface area contributed by atoms with Gasteiger partial charge >= 0.3 is 5.69 Å². The Morgan fingerprint density at radius 1 is 1.15 bits per heavy atom. The van der Waals surface area contributed by atoms with E-state index in [1.54, 1.807) is 11.3 Å². The van der Waals surface area contributed by atoms with E-state index in [0.717, 1.165) is 42.3 Å². The average molecular weight is 387 g/mol. The molecule has 4 rings (SSSR count). The second-order valence-electron chi connectivity index (χ2n) is 6.44. The highest BCUT2D eigenvalue weighted by Crippen LogP contribution is 2.33. The number of carbonyl (C=O) groups is 1. The predicted molar refractivity (Wildman–Crippen MR) is 102 cm³/mol. The maximum Gasteiger partial charge on any atom is 0.325 e. The third-order valence-corrected chi connectivity index (χ3v) is 5.74. The Hall–Kier alpha value is -3.01. The van der Waals surface area contributed by atoms with Crippen molar-refractivity contribution in [3.63, 3.8) is 0 Å². The zero-order valence-corrected chi connectivity index (χ0v) is 15.1. The molecule has 1 aliphatic rings. The highest BCUT2D eigenvalue weighted by Gasteiger charge is 2.20. The van der Waals surface area contributed by atoms with Gasteiger partial charge in [-0.2, -0.15) is 0 Å². The summed E-state index contributed by atoms with van der Waals surface area (Å²) in [5.41, 5.74) is -0.401. The van der Waals surface area contributed by atoms with Crippen LogP contribution in [-0.4, -0.2) is 25.8 Å².